The van der Waals surface area contributed by atoms with E-state index in [9.17, 15) is 0 Å². The number of aromatic nitrogens is 1. The molecule has 0 bridgehead atoms. The Bertz CT molecular complexity index is 769. The van der Waals surface area contributed by atoms with Gasteiger partial charge in [-0.05, 0) is 23.3 Å². The van der Waals surface area contributed by atoms with Crippen molar-refractivity contribution in [1.82, 2.24) is 9.80 Å². The highest BCUT2D eigenvalue weighted by molar-refractivity contribution is 7.99. The molecule has 0 saturated heterocycles. The minimum absolute atomic E-state index is 0.409. The van der Waals surface area contributed by atoms with E-state index in [4.69, 9.17) is 0 Å². The molecule has 1 aliphatic rings. The summed E-state index contributed by atoms with van der Waals surface area (Å²) >= 11 is 1.96. The normalized spacial score (nSPS) is 14.5. The summed E-state index contributed by atoms with van der Waals surface area (Å²) < 4.78 is 2.25. The maximum Gasteiger partial charge on any atom is 0.169 e. The van der Waals surface area contributed by atoms with E-state index in [0.29, 0.717) is 5.50 Å². The molecule has 0 radical (unpaired) electrons. The highest BCUT2D eigenvalue weighted by atomic mass is 32.2. The van der Waals surface area contributed by atoms with Gasteiger partial charge in [-0.15, -0.1) is 11.8 Å². The van der Waals surface area contributed by atoms with Crippen LogP contribution < -0.4 is 9.47 Å². The van der Waals surface area contributed by atoms with Gasteiger partial charge < -0.3 is 14.7 Å². The van der Waals surface area contributed by atoms with E-state index in [-0.39, 0.29) is 0 Å². The third kappa shape index (κ3) is 5.30. The molecule has 1 aliphatic heterocycles. The lowest BCUT2D eigenvalue weighted by Crippen LogP contribution is -2.36. The smallest absolute Gasteiger partial charge is 0.169 e. The van der Waals surface area contributed by atoms with E-state index in [1.807, 2.05) is 11.8 Å². The fourth-order valence-corrected chi connectivity index (χ4v) is 4.09. The van der Waals surface area contributed by atoms with Gasteiger partial charge in [0.1, 0.15) is 5.50 Å². The van der Waals surface area contributed by atoms with Gasteiger partial charge in [0.15, 0.2) is 18.9 Å². The summed E-state index contributed by atoms with van der Waals surface area (Å²) in [6.07, 6.45) is 12.9. The topological polar surface area (TPSA) is 13.6 Å². The molecule has 5 heteroatoms. The third-order valence-corrected chi connectivity index (χ3v) is 6.03. The zero-order valence-corrected chi connectivity index (χ0v) is 17.4. The van der Waals surface area contributed by atoms with E-state index in [1.54, 1.807) is 0 Å². The van der Waals surface area contributed by atoms with Crippen LogP contribution in [0.2, 0.25) is 0 Å². The Morgan fingerprint density at radius 3 is 2.04 bits per heavy atom. The Morgan fingerprint density at radius 2 is 1.48 bits per heavy atom. The van der Waals surface area contributed by atoms with Crippen molar-refractivity contribution in [2.45, 2.75) is 12.0 Å². The lowest BCUT2D eigenvalue weighted by molar-refractivity contribution is -0.692. The van der Waals surface area contributed by atoms with Crippen LogP contribution in [0.3, 0.4) is 0 Å². The van der Waals surface area contributed by atoms with Crippen molar-refractivity contribution in [3.05, 3.63) is 72.3 Å². The van der Waals surface area contributed by atoms with Crippen molar-refractivity contribution in [3.8, 4) is 0 Å². The summed E-state index contributed by atoms with van der Waals surface area (Å²) in [5.74, 6) is 1.08. The Morgan fingerprint density at radius 1 is 0.926 bits per heavy atom. The van der Waals surface area contributed by atoms with Crippen LogP contribution in [0.4, 0.5) is 5.69 Å². The Hall–Kier alpha value is -2.40. The number of hydrogen-bond acceptors (Lipinski definition) is 4. The molecule has 0 atom stereocenters. The van der Waals surface area contributed by atoms with Gasteiger partial charge >= 0.3 is 0 Å². The van der Waals surface area contributed by atoms with Gasteiger partial charge in [-0.25, -0.2) is 4.57 Å². The monoisotopic (exact) mass is 381 g/mol. The van der Waals surface area contributed by atoms with Crippen molar-refractivity contribution in [3.63, 3.8) is 0 Å². The predicted octanol–water partition coefficient (Wildman–Crippen LogP) is 3.58. The van der Waals surface area contributed by atoms with Crippen molar-refractivity contribution in [2.75, 3.05) is 38.8 Å². The molecule has 4 nitrogen and oxygen atoms in total. The molecular formula is C22H29N4S+. The van der Waals surface area contributed by atoms with Crippen LogP contribution in [-0.4, -0.2) is 49.2 Å². The summed E-state index contributed by atoms with van der Waals surface area (Å²) in [5, 5.41) is 0. The maximum absolute atomic E-state index is 2.25. The molecule has 3 rings (SSSR count). The van der Waals surface area contributed by atoms with Crippen LogP contribution in [0.1, 0.15) is 11.1 Å². The largest absolute Gasteiger partial charge is 0.378 e. The number of rotatable bonds is 7. The summed E-state index contributed by atoms with van der Waals surface area (Å²) in [7, 11) is 8.37. The molecule has 0 N–H and O–H groups in total. The molecule has 142 valence electrons. The molecule has 0 fully saturated rings. The first kappa shape index (κ1) is 19.4. The van der Waals surface area contributed by atoms with Crippen molar-refractivity contribution in [1.29, 1.82) is 0 Å². The number of anilines is 1. The molecule has 0 saturated carbocycles. The zero-order chi connectivity index (χ0) is 19.2. The Labute approximate surface area is 167 Å². The van der Waals surface area contributed by atoms with Crippen molar-refractivity contribution < 1.29 is 4.57 Å². The number of benzene rings is 1. The quantitative estimate of drug-likeness (QED) is 0.680. The average Bonchev–Trinajstić information content (AvgIpc) is 2.99. The maximum atomic E-state index is 2.25. The number of thioether (sulfide) groups is 1. The van der Waals surface area contributed by atoms with Gasteiger partial charge in [0.2, 0.25) is 0 Å². The average molecular weight is 382 g/mol. The van der Waals surface area contributed by atoms with E-state index >= 15 is 0 Å². The van der Waals surface area contributed by atoms with E-state index in [1.165, 1.54) is 16.8 Å². The first-order valence-electron chi connectivity index (χ1n) is 9.21. The number of aryl methyl sites for hydroxylation is 1. The molecule has 0 spiro atoms. The first-order valence-corrected chi connectivity index (χ1v) is 10.3. The fourth-order valence-electron chi connectivity index (χ4n) is 2.95. The van der Waals surface area contributed by atoms with Crippen molar-refractivity contribution >= 4 is 29.6 Å². The SMILES string of the molecule is CN(C)c1ccc(/C=C/c2cc[n+](CCSC3N(C)C=CN3C)cc2)cc1. The van der Waals surface area contributed by atoms with Crippen LogP contribution in [0.5, 0.6) is 0 Å². The highest BCUT2D eigenvalue weighted by Gasteiger charge is 2.20. The molecule has 0 unspecified atom stereocenters. The van der Waals surface area contributed by atoms with Gasteiger partial charge in [0.05, 0.1) is 5.75 Å². The minimum atomic E-state index is 0.409. The van der Waals surface area contributed by atoms with Gasteiger partial charge in [-0.3, -0.25) is 0 Å². The molecular weight excluding hydrogens is 352 g/mol. The van der Waals surface area contributed by atoms with Crippen LogP contribution in [0.25, 0.3) is 12.2 Å². The molecule has 2 aromatic rings. The number of pyridine rings is 1. The molecule has 0 aliphatic carbocycles. The van der Waals surface area contributed by atoms with Gasteiger partial charge in [0, 0.05) is 58.4 Å². The standard InChI is InChI=1S/C22H29N4S/c1-23(2)21-9-7-19(8-10-21)5-6-20-11-13-26(14-12-20)17-18-27-22-24(3)15-16-25(22)4/h5-16,22H,17-18H2,1-4H3/q+1. The lowest BCUT2D eigenvalue weighted by Gasteiger charge is -2.26. The summed E-state index contributed by atoms with van der Waals surface area (Å²) in [4.78, 5) is 6.60. The van der Waals surface area contributed by atoms with Gasteiger partial charge in [-0.2, -0.15) is 0 Å². The van der Waals surface area contributed by atoms with E-state index < -0.39 is 0 Å². The fraction of sp³-hybridized carbons (Fsp3) is 0.318. The van der Waals surface area contributed by atoms with Crippen LogP contribution >= 0.6 is 11.8 Å². The molecule has 2 heterocycles. The second-order valence-corrected chi connectivity index (χ2v) is 8.18. The number of hydrogen-bond donors (Lipinski definition) is 0. The van der Waals surface area contributed by atoms with Crippen LogP contribution in [-0.2, 0) is 6.54 Å². The molecule has 1 aromatic carbocycles. The Balaban J connectivity index is 1.49. The second-order valence-electron chi connectivity index (χ2n) is 7.01. The predicted molar refractivity (Wildman–Crippen MR) is 117 cm³/mol. The minimum Gasteiger partial charge on any atom is -0.378 e. The molecule has 0 amide bonds. The summed E-state index contributed by atoms with van der Waals surface area (Å²) in [6, 6.07) is 12.9. The van der Waals surface area contributed by atoms with Crippen LogP contribution in [0.15, 0.2) is 61.2 Å². The summed E-state index contributed by atoms with van der Waals surface area (Å²) in [6.45, 7) is 1.01. The number of nitrogens with zero attached hydrogens (tertiary/aromatic N) is 4. The molecule has 1 aromatic heterocycles. The van der Waals surface area contributed by atoms with E-state index in [2.05, 4.69) is 121 Å². The second kappa shape index (κ2) is 9.00. The third-order valence-electron chi connectivity index (χ3n) is 4.64. The summed E-state index contributed by atoms with van der Waals surface area (Å²) in [5.41, 5.74) is 4.06. The first-order chi connectivity index (χ1) is 13.0. The lowest BCUT2D eigenvalue weighted by atomic mass is 10.1. The Kier molecular flexibility index (Phi) is 6.45. The van der Waals surface area contributed by atoms with Crippen molar-refractivity contribution in [2.24, 2.45) is 0 Å². The van der Waals surface area contributed by atoms with Crippen LogP contribution in [0, 0.1) is 0 Å². The zero-order valence-electron chi connectivity index (χ0n) is 16.6. The molecule has 27 heavy (non-hydrogen) atoms. The highest BCUT2D eigenvalue weighted by Crippen LogP contribution is 2.22. The van der Waals surface area contributed by atoms with Gasteiger partial charge in [0.25, 0.3) is 0 Å². The van der Waals surface area contributed by atoms with E-state index in [0.717, 1.165) is 12.3 Å². The van der Waals surface area contributed by atoms with Gasteiger partial charge in [-0.1, -0.05) is 24.3 Å².